The van der Waals surface area contributed by atoms with E-state index in [4.69, 9.17) is 14.3 Å². The minimum atomic E-state index is -2.64. The van der Waals surface area contributed by atoms with Crippen LogP contribution in [0, 0.1) is 5.82 Å². The molecule has 0 bridgehead atoms. The Kier molecular flexibility index (Phi) is 8.18. The molecule has 24 heavy (non-hydrogen) atoms. The molecule has 0 unspecified atom stereocenters. The number of carbonyl (C=O) groups is 1. The molecule has 0 heterocycles. The van der Waals surface area contributed by atoms with Crippen molar-refractivity contribution in [1.29, 1.82) is 0 Å². The molecule has 0 N–H and O–H groups in total. The first kappa shape index (κ1) is 19.3. The molecule has 0 saturated carbocycles. The number of carbonyl (C=O) groups excluding carboxylic acids is 1. The molecule has 0 aliphatic heterocycles. The second-order valence-electron chi connectivity index (χ2n) is 4.38. The van der Waals surface area contributed by atoms with Crippen LogP contribution in [-0.4, -0.2) is 20.7 Å². The van der Waals surface area contributed by atoms with E-state index in [1.165, 1.54) is 44.6 Å². The minimum Gasteiger partial charge on any atom is -0.496 e. The lowest BCUT2D eigenvalue weighted by Crippen LogP contribution is -2.03. The van der Waals surface area contributed by atoms with Crippen LogP contribution < -0.4 is 9.47 Å². The van der Waals surface area contributed by atoms with Crippen LogP contribution in [0.3, 0.4) is 0 Å². The Bertz CT molecular complexity index is 647. The van der Waals surface area contributed by atoms with E-state index in [0.29, 0.717) is 12.2 Å². The lowest BCUT2D eigenvalue weighted by molar-refractivity contribution is -0.126. The highest BCUT2D eigenvalue weighted by Gasteiger charge is 2.15. The fourth-order valence-electron chi connectivity index (χ4n) is 1.81. The normalized spacial score (nSPS) is 9.75. The van der Waals surface area contributed by atoms with Crippen molar-refractivity contribution in [3.8, 4) is 11.5 Å². The van der Waals surface area contributed by atoms with Crippen LogP contribution in [0.15, 0.2) is 42.5 Å². The third-order valence-electron chi connectivity index (χ3n) is 2.92. The summed E-state index contributed by atoms with van der Waals surface area (Å²) >= 11 is 0. The smallest absolute Gasteiger partial charge is 0.292 e. The van der Waals surface area contributed by atoms with Crippen LogP contribution in [0.25, 0.3) is 0 Å². The highest BCUT2D eigenvalue weighted by molar-refractivity contribution is 5.37. The average molecular weight is 342 g/mol. The summed E-state index contributed by atoms with van der Waals surface area (Å²) in [6.45, 7) is 0.194. The molecule has 0 spiro atoms. The minimum absolute atomic E-state index is 0.0350. The molecular weight excluding hydrogens is 325 g/mol. The van der Waals surface area contributed by atoms with E-state index in [2.05, 4.69) is 4.74 Å². The molecule has 2 aromatic rings. The highest BCUT2D eigenvalue weighted by Crippen LogP contribution is 2.30. The lowest BCUT2D eigenvalue weighted by Gasteiger charge is -2.13. The van der Waals surface area contributed by atoms with E-state index in [0.717, 1.165) is 0 Å². The maximum atomic E-state index is 13.7. The van der Waals surface area contributed by atoms with Crippen molar-refractivity contribution in [3.05, 3.63) is 59.4 Å². The number of ether oxygens (including phenoxy) is 3. The summed E-state index contributed by atoms with van der Waals surface area (Å²) in [7, 11) is 2.72. The Morgan fingerprint density at radius 3 is 2.25 bits per heavy atom. The zero-order chi connectivity index (χ0) is 17.9. The van der Waals surface area contributed by atoms with E-state index >= 15 is 0 Å². The van der Waals surface area contributed by atoms with Gasteiger partial charge in [-0.3, -0.25) is 4.79 Å². The molecule has 0 saturated heterocycles. The van der Waals surface area contributed by atoms with Gasteiger partial charge in [-0.2, -0.15) is 0 Å². The maximum Gasteiger partial charge on any atom is 0.292 e. The van der Waals surface area contributed by atoms with Gasteiger partial charge in [0.1, 0.15) is 23.9 Å². The van der Waals surface area contributed by atoms with Crippen LogP contribution in [-0.2, 0) is 16.1 Å². The predicted octanol–water partition coefficient (Wildman–Crippen LogP) is 4.14. The third-order valence-corrected chi connectivity index (χ3v) is 2.92. The van der Waals surface area contributed by atoms with Gasteiger partial charge >= 0.3 is 0 Å². The van der Waals surface area contributed by atoms with Gasteiger partial charge < -0.3 is 14.2 Å². The number of benzene rings is 2. The maximum absolute atomic E-state index is 13.7. The van der Waals surface area contributed by atoms with Gasteiger partial charge in [0.25, 0.3) is 12.9 Å². The van der Waals surface area contributed by atoms with Crippen LogP contribution in [0.4, 0.5) is 13.2 Å². The van der Waals surface area contributed by atoms with Gasteiger partial charge in [0.2, 0.25) is 0 Å². The topological polar surface area (TPSA) is 44.8 Å². The summed E-state index contributed by atoms with van der Waals surface area (Å²) < 4.78 is 53.5. The first-order valence-corrected chi connectivity index (χ1v) is 6.82. The summed E-state index contributed by atoms with van der Waals surface area (Å²) in [6, 6.07) is 10.1. The van der Waals surface area contributed by atoms with Gasteiger partial charge in [0.15, 0.2) is 0 Å². The summed E-state index contributed by atoms with van der Waals surface area (Å²) in [5.74, 6) is -0.147. The average Bonchev–Trinajstić information content (AvgIpc) is 2.60. The number of para-hydroxylation sites is 1. The van der Waals surface area contributed by atoms with Crippen LogP contribution in [0.2, 0.25) is 0 Å². The van der Waals surface area contributed by atoms with Crippen LogP contribution in [0.5, 0.6) is 11.5 Å². The largest absolute Gasteiger partial charge is 0.496 e. The molecule has 4 nitrogen and oxygen atoms in total. The Hall–Kier alpha value is -2.70. The molecule has 2 rings (SSSR count). The number of methoxy groups -OCH3 is 2. The van der Waals surface area contributed by atoms with Gasteiger partial charge in [-0.15, -0.1) is 0 Å². The number of rotatable bonds is 6. The second-order valence-corrected chi connectivity index (χ2v) is 4.38. The van der Waals surface area contributed by atoms with Crippen molar-refractivity contribution in [2.45, 2.75) is 13.0 Å². The lowest BCUT2D eigenvalue weighted by atomic mass is 10.2. The number of hydrogen-bond donors (Lipinski definition) is 0. The summed E-state index contributed by atoms with van der Waals surface area (Å²) in [5.41, 5.74) is -0.0260. The Labute approximate surface area is 137 Å². The Morgan fingerprint density at radius 1 is 1.04 bits per heavy atom. The van der Waals surface area contributed by atoms with Gasteiger partial charge in [-0.25, -0.2) is 13.2 Å². The number of halogens is 3. The molecule has 0 atom stereocenters. The first-order chi connectivity index (χ1) is 11.5. The van der Waals surface area contributed by atoms with Gasteiger partial charge in [-0.1, -0.05) is 18.2 Å². The molecule has 0 aliphatic rings. The predicted molar refractivity (Wildman–Crippen MR) is 81.8 cm³/mol. The monoisotopic (exact) mass is 342 g/mol. The fraction of sp³-hybridized carbons (Fsp3) is 0.235. The summed E-state index contributed by atoms with van der Waals surface area (Å²) in [4.78, 5) is 8.95. The molecule has 0 radical (unpaired) electrons. The molecule has 0 fully saturated rings. The van der Waals surface area contributed by atoms with Crippen molar-refractivity contribution >= 4 is 6.47 Å². The Morgan fingerprint density at radius 2 is 1.67 bits per heavy atom. The quantitative estimate of drug-likeness (QED) is 0.740. The van der Waals surface area contributed by atoms with Crippen molar-refractivity contribution in [3.63, 3.8) is 0 Å². The molecule has 0 aromatic heterocycles. The van der Waals surface area contributed by atoms with E-state index in [-0.39, 0.29) is 23.5 Å². The van der Waals surface area contributed by atoms with Gasteiger partial charge in [-0.05, 0) is 24.3 Å². The SMILES string of the molecule is COC=O.COc1cccc(F)c1COc1ccccc1C(F)F. The van der Waals surface area contributed by atoms with E-state index < -0.39 is 12.2 Å². The van der Waals surface area contributed by atoms with E-state index in [1.807, 2.05) is 0 Å². The molecule has 2 aromatic carbocycles. The zero-order valence-corrected chi connectivity index (χ0v) is 13.2. The van der Waals surface area contributed by atoms with E-state index in [1.54, 1.807) is 12.1 Å². The second kappa shape index (κ2) is 10.1. The van der Waals surface area contributed by atoms with Gasteiger partial charge in [0.05, 0.1) is 25.3 Å². The zero-order valence-electron chi connectivity index (χ0n) is 13.2. The first-order valence-electron chi connectivity index (χ1n) is 6.82. The van der Waals surface area contributed by atoms with Crippen molar-refractivity contribution in [2.24, 2.45) is 0 Å². The molecule has 7 heteroatoms. The molecule has 130 valence electrons. The number of hydrogen-bond acceptors (Lipinski definition) is 4. The standard InChI is InChI=1S/C15H13F3O2.C2H4O2/c1-19-13-8-4-6-12(16)11(13)9-20-14-7-3-2-5-10(14)15(17)18;1-4-2-3/h2-8,15H,9H2,1H3;2H,1H3. The summed E-state index contributed by atoms with van der Waals surface area (Å²) in [5, 5.41) is 0. The highest BCUT2D eigenvalue weighted by atomic mass is 19.3. The van der Waals surface area contributed by atoms with Crippen molar-refractivity contribution in [2.75, 3.05) is 14.2 Å². The summed E-state index contributed by atoms with van der Waals surface area (Å²) in [6.07, 6.45) is -2.64. The molecule has 0 amide bonds. The van der Waals surface area contributed by atoms with Crippen molar-refractivity contribution in [1.82, 2.24) is 0 Å². The van der Waals surface area contributed by atoms with E-state index in [9.17, 15) is 13.2 Å². The number of alkyl halides is 2. The van der Waals surface area contributed by atoms with Crippen molar-refractivity contribution < 1.29 is 32.2 Å². The van der Waals surface area contributed by atoms with Gasteiger partial charge in [0, 0.05) is 0 Å². The molecule has 0 aliphatic carbocycles. The fourth-order valence-corrected chi connectivity index (χ4v) is 1.81. The van der Waals surface area contributed by atoms with Crippen LogP contribution >= 0.6 is 0 Å². The van der Waals surface area contributed by atoms with Crippen LogP contribution in [0.1, 0.15) is 17.6 Å². The Balaban J connectivity index is 0.000000648. The third kappa shape index (κ3) is 5.49. The molecular formula is C17H17F3O4.